The van der Waals surface area contributed by atoms with Crippen molar-refractivity contribution in [3.05, 3.63) is 66.0 Å². The van der Waals surface area contributed by atoms with Crippen molar-refractivity contribution in [3.63, 3.8) is 0 Å². The van der Waals surface area contributed by atoms with Crippen molar-refractivity contribution >= 4 is 0 Å². The molecular formula is C16H21N3. The number of aromatic nitrogens is 1. The average Bonchev–Trinajstić information content (AvgIpc) is 2.40. The number of rotatable bonds is 6. The van der Waals surface area contributed by atoms with Gasteiger partial charge in [0.25, 0.3) is 0 Å². The van der Waals surface area contributed by atoms with E-state index in [0.717, 1.165) is 19.5 Å². The van der Waals surface area contributed by atoms with E-state index in [1.807, 2.05) is 18.3 Å². The van der Waals surface area contributed by atoms with Gasteiger partial charge >= 0.3 is 0 Å². The number of benzene rings is 1. The van der Waals surface area contributed by atoms with Crippen molar-refractivity contribution in [2.24, 2.45) is 5.73 Å². The van der Waals surface area contributed by atoms with Gasteiger partial charge in [-0.05, 0) is 30.7 Å². The van der Waals surface area contributed by atoms with Gasteiger partial charge in [-0.15, -0.1) is 0 Å². The van der Waals surface area contributed by atoms with Crippen molar-refractivity contribution < 1.29 is 0 Å². The van der Waals surface area contributed by atoms with Crippen LogP contribution in [0.25, 0.3) is 0 Å². The van der Waals surface area contributed by atoms with Crippen LogP contribution >= 0.6 is 0 Å². The molecule has 3 nitrogen and oxygen atoms in total. The first-order valence-corrected chi connectivity index (χ1v) is 6.61. The number of pyridine rings is 1. The zero-order chi connectivity index (χ0) is 13.5. The van der Waals surface area contributed by atoms with Crippen LogP contribution in [0.5, 0.6) is 0 Å². The smallest absolute Gasteiger partial charge is 0.0312 e. The van der Waals surface area contributed by atoms with Crippen molar-refractivity contribution in [1.29, 1.82) is 0 Å². The Labute approximate surface area is 115 Å². The maximum atomic E-state index is 6.20. The predicted molar refractivity (Wildman–Crippen MR) is 78.7 cm³/mol. The summed E-state index contributed by atoms with van der Waals surface area (Å²) in [6.07, 6.45) is 4.61. The predicted octanol–water partition coefficient (Wildman–Crippen LogP) is 2.08. The summed E-state index contributed by atoms with van der Waals surface area (Å²) in [5.41, 5.74) is 8.72. The van der Waals surface area contributed by atoms with Crippen molar-refractivity contribution in [2.45, 2.75) is 19.0 Å². The van der Waals surface area contributed by atoms with E-state index in [9.17, 15) is 0 Å². The first kappa shape index (κ1) is 13.7. The lowest BCUT2D eigenvalue weighted by Crippen LogP contribution is -2.36. The summed E-state index contributed by atoms with van der Waals surface area (Å²) in [5, 5.41) is 0. The van der Waals surface area contributed by atoms with Gasteiger partial charge in [0.05, 0.1) is 0 Å². The largest absolute Gasteiger partial charge is 0.326 e. The summed E-state index contributed by atoms with van der Waals surface area (Å²) >= 11 is 0. The van der Waals surface area contributed by atoms with Crippen LogP contribution in [0, 0.1) is 0 Å². The van der Waals surface area contributed by atoms with Gasteiger partial charge in [0.15, 0.2) is 0 Å². The molecule has 0 aliphatic rings. The van der Waals surface area contributed by atoms with Gasteiger partial charge in [-0.2, -0.15) is 0 Å². The summed E-state index contributed by atoms with van der Waals surface area (Å²) in [5.74, 6) is 0. The van der Waals surface area contributed by atoms with Crippen molar-refractivity contribution in [1.82, 2.24) is 9.88 Å². The first-order chi connectivity index (χ1) is 9.24. The Morgan fingerprint density at radius 1 is 1.11 bits per heavy atom. The van der Waals surface area contributed by atoms with Crippen molar-refractivity contribution in [3.8, 4) is 0 Å². The molecule has 19 heavy (non-hydrogen) atoms. The average molecular weight is 255 g/mol. The number of nitrogens with two attached hydrogens (primary N) is 1. The molecule has 0 saturated carbocycles. The highest BCUT2D eigenvalue weighted by atomic mass is 15.1. The second-order valence-electron chi connectivity index (χ2n) is 5.01. The Balaban J connectivity index is 1.80. The van der Waals surface area contributed by atoms with E-state index >= 15 is 0 Å². The first-order valence-electron chi connectivity index (χ1n) is 6.61. The van der Waals surface area contributed by atoms with Crippen LogP contribution in [0.1, 0.15) is 11.1 Å². The van der Waals surface area contributed by atoms with E-state index in [1.165, 1.54) is 11.1 Å². The molecule has 100 valence electrons. The molecule has 0 saturated heterocycles. The molecule has 1 aromatic carbocycles. The number of nitrogens with zero attached hydrogens (tertiary/aromatic N) is 2. The molecule has 2 N–H and O–H groups in total. The van der Waals surface area contributed by atoms with Crippen LogP contribution in [-0.4, -0.2) is 29.5 Å². The zero-order valence-electron chi connectivity index (χ0n) is 11.4. The van der Waals surface area contributed by atoms with Gasteiger partial charge in [0.2, 0.25) is 0 Å². The van der Waals surface area contributed by atoms with Crippen LogP contribution in [0.15, 0.2) is 54.9 Å². The Morgan fingerprint density at radius 2 is 1.84 bits per heavy atom. The molecule has 0 spiro atoms. The minimum Gasteiger partial charge on any atom is -0.326 e. The van der Waals surface area contributed by atoms with Crippen LogP contribution in [0.2, 0.25) is 0 Å². The molecule has 0 aliphatic heterocycles. The lowest BCUT2D eigenvalue weighted by atomic mass is 10.1. The molecular weight excluding hydrogens is 234 g/mol. The fourth-order valence-electron chi connectivity index (χ4n) is 2.25. The van der Waals surface area contributed by atoms with Gasteiger partial charge in [0, 0.05) is 31.5 Å². The monoisotopic (exact) mass is 255 g/mol. The minimum atomic E-state index is 0.157. The SMILES string of the molecule is CN(Cc1cccnc1)C[C@@H](N)Cc1ccccc1. The molecule has 0 amide bonds. The fourth-order valence-corrected chi connectivity index (χ4v) is 2.25. The molecule has 0 bridgehead atoms. The minimum absolute atomic E-state index is 0.157. The summed E-state index contributed by atoms with van der Waals surface area (Å²) in [7, 11) is 2.10. The Hall–Kier alpha value is -1.71. The molecule has 1 heterocycles. The molecule has 0 fully saturated rings. The van der Waals surface area contributed by atoms with E-state index < -0.39 is 0 Å². The van der Waals surface area contributed by atoms with Gasteiger partial charge in [-0.1, -0.05) is 36.4 Å². The Bertz CT molecular complexity index is 424. The second-order valence-corrected chi connectivity index (χ2v) is 5.01. The summed E-state index contributed by atoms with van der Waals surface area (Å²) < 4.78 is 0. The normalized spacial score (nSPS) is 12.6. The molecule has 2 rings (SSSR count). The van der Waals surface area contributed by atoms with Crippen LogP contribution < -0.4 is 5.73 Å². The summed E-state index contributed by atoms with van der Waals surface area (Å²) in [4.78, 5) is 6.37. The third-order valence-corrected chi connectivity index (χ3v) is 3.06. The van der Waals surface area contributed by atoms with Gasteiger partial charge < -0.3 is 10.6 Å². The quantitative estimate of drug-likeness (QED) is 0.859. The van der Waals surface area contributed by atoms with Crippen molar-refractivity contribution in [2.75, 3.05) is 13.6 Å². The van der Waals surface area contributed by atoms with Crippen LogP contribution in [-0.2, 0) is 13.0 Å². The third-order valence-electron chi connectivity index (χ3n) is 3.06. The van der Waals surface area contributed by atoms with Gasteiger partial charge in [-0.25, -0.2) is 0 Å². The second kappa shape index (κ2) is 7.02. The van der Waals surface area contributed by atoms with Crippen LogP contribution in [0.3, 0.4) is 0 Å². The van der Waals surface area contributed by atoms with E-state index in [1.54, 1.807) is 6.20 Å². The lowest BCUT2D eigenvalue weighted by molar-refractivity contribution is 0.302. The number of hydrogen-bond donors (Lipinski definition) is 1. The third kappa shape index (κ3) is 4.81. The maximum absolute atomic E-state index is 6.20. The molecule has 0 unspecified atom stereocenters. The van der Waals surface area contributed by atoms with E-state index in [4.69, 9.17) is 5.73 Å². The lowest BCUT2D eigenvalue weighted by Gasteiger charge is -2.21. The van der Waals surface area contributed by atoms with E-state index in [2.05, 4.69) is 47.3 Å². The Morgan fingerprint density at radius 3 is 2.53 bits per heavy atom. The molecule has 1 aromatic heterocycles. The highest BCUT2D eigenvalue weighted by molar-refractivity contribution is 5.16. The zero-order valence-corrected chi connectivity index (χ0v) is 11.4. The molecule has 3 heteroatoms. The highest BCUT2D eigenvalue weighted by Gasteiger charge is 2.08. The van der Waals surface area contributed by atoms with E-state index in [0.29, 0.717) is 0 Å². The topological polar surface area (TPSA) is 42.2 Å². The number of hydrogen-bond acceptors (Lipinski definition) is 3. The molecule has 0 radical (unpaired) electrons. The number of likely N-dealkylation sites (N-methyl/N-ethyl adjacent to an activating group) is 1. The van der Waals surface area contributed by atoms with Gasteiger partial charge in [0.1, 0.15) is 0 Å². The summed E-state index contributed by atoms with van der Waals surface area (Å²) in [6, 6.07) is 14.6. The summed E-state index contributed by atoms with van der Waals surface area (Å²) in [6.45, 7) is 1.76. The maximum Gasteiger partial charge on any atom is 0.0312 e. The fraction of sp³-hybridized carbons (Fsp3) is 0.312. The highest BCUT2D eigenvalue weighted by Crippen LogP contribution is 2.05. The molecule has 1 atom stereocenters. The van der Waals surface area contributed by atoms with Crippen LogP contribution in [0.4, 0.5) is 0 Å². The standard InChI is InChI=1S/C16H21N3/c1-19(12-15-8-5-9-18-11-15)13-16(17)10-14-6-3-2-4-7-14/h2-9,11,16H,10,12-13,17H2,1H3/t16-/m0/s1. The molecule has 0 aliphatic carbocycles. The Kier molecular flexibility index (Phi) is 5.07. The van der Waals surface area contributed by atoms with Gasteiger partial charge in [-0.3, -0.25) is 4.98 Å². The molecule has 2 aromatic rings. The van der Waals surface area contributed by atoms with E-state index in [-0.39, 0.29) is 6.04 Å².